The lowest BCUT2D eigenvalue weighted by Crippen LogP contribution is -2.38. The van der Waals surface area contributed by atoms with Gasteiger partial charge in [0.25, 0.3) is 5.91 Å². The molecule has 37 heavy (non-hydrogen) atoms. The van der Waals surface area contributed by atoms with E-state index in [1.54, 1.807) is 6.07 Å². The highest BCUT2D eigenvalue weighted by atomic mass is 19.1. The highest BCUT2D eigenvalue weighted by Gasteiger charge is 2.36. The predicted octanol–water partition coefficient (Wildman–Crippen LogP) is 5.68. The van der Waals surface area contributed by atoms with Crippen molar-refractivity contribution in [3.63, 3.8) is 0 Å². The largest absolute Gasteiger partial charge is 0.379 e. The van der Waals surface area contributed by atoms with Crippen molar-refractivity contribution < 1.29 is 13.9 Å². The highest BCUT2D eigenvalue weighted by Crippen LogP contribution is 2.36. The summed E-state index contributed by atoms with van der Waals surface area (Å²) in [6.45, 7) is 3.98. The molecule has 0 spiro atoms. The minimum atomic E-state index is -0.283. The second-order valence-electron chi connectivity index (χ2n) is 9.88. The molecule has 5 nitrogen and oxygen atoms in total. The Bertz CT molecular complexity index is 1410. The molecule has 2 aliphatic rings. The average molecular weight is 496 g/mol. The molecule has 3 aromatic carbocycles. The van der Waals surface area contributed by atoms with Crippen LogP contribution in [0.5, 0.6) is 0 Å². The lowest BCUT2D eigenvalue weighted by molar-refractivity contribution is 0.0340. The normalized spacial score (nSPS) is 16.1. The maximum Gasteiger partial charge on any atom is 0.255 e. The molecule has 6 heteroatoms. The Labute approximate surface area is 216 Å². The van der Waals surface area contributed by atoms with Crippen molar-refractivity contribution in [3.8, 4) is 11.3 Å². The van der Waals surface area contributed by atoms with E-state index in [9.17, 15) is 9.18 Å². The second kappa shape index (κ2) is 10.4. The molecule has 0 radical (unpaired) electrons. The van der Waals surface area contributed by atoms with E-state index in [-0.39, 0.29) is 17.8 Å². The third-order valence-corrected chi connectivity index (χ3v) is 7.23. The second-order valence-corrected chi connectivity index (χ2v) is 9.88. The number of fused-ring (bicyclic) bond motifs is 1. The Morgan fingerprint density at radius 3 is 2.49 bits per heavy atom. The average Bonchev–Trinajstić information content (AvgIpc) is 3.78. The highest BCUT2D eigenvalue weighted by molar-refractivity contribution is 6.09. The number of benzene rings is 3. The summed E-state index contributed by atoms with van der Waals surface area (Å²) in [6, 6.07) is 24.8. The fourth-order valence-corrected chi connectivity index (χ4v) is 5.20. The van der Waals surface area contributed by atoms with Crippen molar-refractivity contribution in [1.82, 2.24) is 14.8 Å². The number of morpholine rings is 1. The lowest BCUT2D eigenvalue weighted by Gasteiger charge is -2.30. The van der Waals surface area contributed by atoms with Gasteiger partial charge in [0.1, 0.15) is 5.82 Å². The number of amides is 1. The van der Waals surface area contributed by atoms with E-state index < -0.39 is 0 Å². The minimum Gasteiger partial charge on any atom is -0.379 e. The Kier molecular flexibility index (Phi) is 6.68. The maximum absolute atomic E-state index is 14.5. The van der Waals surface area contributed by atoms with Crippen molar-refractivity contribution in [1.29, 1.82) is 0 Å². The van der Waals surface area contributed by atoms with Gasteiger partial charge in [-0.05, 0) is 36.6 Å². The van der Waals surface area contributed by atoms with Gasteiger partial charge in [-0.1, -0.05) is 60.7 Å². The number of carbonyl (C=O) groups is 1. The predicted molar refractivity (Wildman–Crippen MR) is 143 cm³/mol. The standard InChI is InChI=1S/C31H30FN3O2/c32-24-10-6-7-22(19-24)20-35(25-13-14-25)31(36)29-26-11-4-5-12-28(26)33-30(23-8-2-1-3-9-23)27(29)21-34-15-17-37-18-16-34/h1-12,19,25H,13-18,20-21H2. The minimum absolute atomic E-state index is 0.00852. The fourth-order valence-electron chi connectivity index (χ4n) is 5.20. The third kappa shape index (κ3) is 5.13. The quantitative estimate of drug-likeness (QED) is 0.331. The number of hydrogen-bond donors (Lipinski definition) is 0. The van der Waals surface area contributed by atoms with E-state index in [2.05, 4.69) is 17.0 Å². The number of hydrogen-bond acceptors (Lipinski definition) is 4. The van der Waals surface area contributed by atoms with Crippen LogP contribution in [0.1, 0.15) is 34.3 Å². The summed E-state index contributed by atoms with van der Waals surface area (Å²) >= 11 is 0. The van der Waals surface area contributed by atoms with Crippen LogP contribution in [0.25, 0.3) is 22.2 Å². The molecule has 1 saturated carbocycles. The Balaban J connectivity index is 1.51. The molecule has 0 unspecified atom stereocenters. The molecule has 1 amide bonds. The van der Waals surface area contributed by atoms with Crippen LogP contribution in [-0.4, -0.2) is 53.0 Å². The first-order chi connectivity index (χ1) is 18.2. The van der Waals surface area contributed by atoms with E-state index in [4.69, 9.17) is 9.72 Å². The zero-order valence-corrected chi connectivity index (χ0v) is 20.8. The summed E-state index contributed by atoms with van der Waals surface area (Å²) in [7, 11) is 0. The van der Waals surface area contributed by atoms with E-state index in [0.29, 0.717) is 31.9 Å². The van der Waals surface area contributed by atoms with Gasteiger partial charge in [-0.2, -0.15) is 0 Å². The molecule has 0 bridgehead atoms. The fraction of sp³-hybridized carbons (Fsp3) is 0.290. The van der Waals surface area contributed by atoms with Crippen LogP contribution in [0.4, 0.5) is 4.39 Å². The molecule has 0 atom stereocenters. The van der Waals surface area contributed by atoms with Gasteiger partial charge in [0, 0.05) is 48.7 Å². The molecule has 1 aliphatic carbocycles. The molecule has 1 aliphatic heterocycles. The summed E-state index contributed by atoms with van der Waals surface area (Å²) in [4.78, 5) is 23.9. The van der Waals surface area contributed by atoms with Crippen LogP contribution in [0.3, 0.4) is 0 Å². The summed E-state index contributed by atoms with van der Waals surface area (Å²) in [5.41, 5.74) is 5.10. The molecular formula is C31H30FN3O2. The van der Waals surface area contributed by atoms with Gasteiger partial charge in [0.2, 0.25) is 0 Å². The van der Waals surface area contributed by atoms with Crippen molar-refractivity contribution in [3.05, 3.63) is 101 Å². The Morgan fingerprint density at radius 2 is 1.73 bits per heavy atom. The lowest BCUT2D eigenvalue weighted by atomic mass is 9.94. The number of para-hydroxylation sites is 1. The van der Waals surface area contributed by atoms with Crippen molar-refractivity contribution in [2.45, 2.75) is 32.0 Å². The van der Waals surface area contributed by atoms with Gasteiger partial charge in [-0.25, -0.2) is 9.37 Å². The number of pyridine rings is 1. The third-order valence-electron chi connectivity index (χ3n) is 7.23. The Morgan fingerprint density at radius 1 is 0.973 bits per heavy atom. The monoisotopic (exact) mass is 495 g/mol. The maximum atomic E-state index is 14.5. The molecular weight excluding hydrogens is 465 g/mol. The van der Waals surface area contributed by atoms with Gasteiger partial charge < -0.3 is 9.64 Å². The number of rotatable bonds is 7. The molecule has 1 aromatic heterocycles. The molecule has 2 heterocycles. The number of aromatic nitrogens is 1. The molecule has 0 N–H and O–H groups in total. The summed E-state index contributed by atoms with van der Waals surface area (Å²) < 4.78 is 19.6. The zero-order chi connectivity index (χ0) is 25.2. The van der Waals surface area contributed by atoms with E-state index in [1.165, 1.54) is 12.1 Å². The summed E-state index contributed by atoms with van der Waals surface area (Å²) in [5.74, 6) is -0.291. The zero-order valence-electron chi connectivity index (χ0n) is 20.8. The van der Waals surface area contributed by atoms with E-state index >= 15 is 0 Å². The van der Waals surface area contributed by atoms with Crippen molar-refractivity contribution >= 4 is 16.8 Å². The molecule has 2 fully saturated rings. The number of ether oxygens (including phenoxy) is 1. The summed E-state index contributed by atoms with van der Waals surface area (Å²) in [5, 5.41) is 0.861. The number of halogens is 1. The van der Waals surface area contributed by atoms with E-state index in [0.717, 1.165) is 59.2 Å². The van der Waals surface area contributed by atoms with Gasteiger partial charge in [0.15, 0.2) is 0 Å². The van der Waals surface area contributed by atoms with Gasteiger partial charge in [-0.3, -0.25) is 9.69 Å². The van der Waals surface area contributed by atoms with Crippen LogP contribution in [0.2, 0.25) is 0 Å². The van der Waals surface area contributed by atoms with Crippen LogP contribution in [0, 0.1) is 5.82 Å². The first-order valence-corrected chi connectivity index (χ1v) is 13.0. The van der Waals surface area contributed by atoms with Gasteiger partial charge in [0.05, 0.1) is 30.0 Å². The molecule has 4 aromatic rings. The van der Waals surface area contributed by atoms with Gasteiger partial charge in [-0.15, -0.1) is 0 Å². The first-order valence-electron chi connectivity index (χ1n) is 13.0. The SMILES string of the molecule is O=C(c1c(CN2CCOCC2)c(-c2ccccc2)nc2ccccc12)N(Cc1cccc(F)c1)C1CC1. The number of carbonyl (C=O) groups excluding carboxylic acids is 1. The van der Waals surface area contributed by atoms with Gasteiger partial charge >= 0.3 is 0 Å². The van der Waals surface area contributed by atoms with Crippen LogP contribution >= 0.6 is 0 Å². The van der Waals surface area contributed by atoms with Crippen molar-refractivity contribution in [2.24, 2.45) is 0 Å². The molecule has 1 saturated heterocycles. The molecule has 188 valence electrons. The smallest absolute Gasteiger partial charge is 0.255 e. The molecule has 6 rings (SSSR count). The van der Waals surface area contributed by atoms with E-state index in [1.807, 2.05) is 53.4 Å². The van der Waals surface area contributed by atoms with Crippen LogP contribution < -0.4 is 0 Å². The van der Waals surface area contributed by atoms with Crippen LogP contribution in [0.15, 0.2) is 78.9 Å². The van der Waals surface area contributed by atoms with Crippen LogP contribution in [-0.2, 0) is 17.8 Å². The van der Waals surface area contributed by atoms with Crippen molar-refractivity contribution in [2.75, 3.05) is 26.3 Å². The Hall–Kier alpha value is -3.61. The number of nitrogens with zero attached hydrogens (tertiary/aromatic N) is 3. The topological polar surface area (TPSA) is 45.7 Å². The first kappa shape index (κ1) is 23.8. The summed E-state index contributed by atoms with van der Waals surface area (Å²) in [6.07, 6.45) is 1.93.